The van der Waals surface area contributed by atoms with E-state index in [4.69, 9.17) is 4.74 Å². The molecule has 2 aliphatic heterocycles. The average Bonchev–Trinajstić information content (AvgIpc) is 3.11. The number of aromatic nitrogens is 2. The van der Waals surface area contributed by atoms with Crippen LogP contribution in [0.15, 0.2) is 17.8 Å². The first-order chi connectivity index (χ1) is 8.86. The average molecular weight is 261 g/mol. The molecule has 5 heteroatoms. The normalized spacial score (nSPS) is 27.7. The Hall–Kier alpha value is -1.20. The van der Waals surface area contributed by atoms with Crippen molar-refractivity contribution in [3.63, 3.8) is 0 Å². The lowest BCUT2D eigenvalue weighted by Crippen LogP contribution is -2.28. The van der Waals surface area contributed by atoms with E-state index in [0.29, 0.717) is 5.41 Å². The van der Waals surface area contributed by atoms with Gasteiger partial charge in [-0.05, 0) is 24.3 Å². The van der Waals surface area contributed by atoms with Gasteiger partial charge in [-0.15, -0.1) is 11.3 Å². The standard InChI is InChI=1S/C13H15N3OS/c1-6-18-12-10(1)11(14-9-15-12)16-4-2-13(7-16)3-5-17-8-13/h1,6,9H,2-5,7-8H2. The summed E-state index contributed by atoms with van der Waals surface area (Å²) in [6.07, 6.45) is 4.11. The van der Waals surface area contributed by atoms with Gasteiger partial charge in [0.25, 0.3) is 0 Å². The van der Waals surface area contributed by atoms with Crippen molar-refractivity contribution in [2.45, 2.75) is 12.8 Å². The van der Waals surface area contributed by atoms with Gasteiger partial charge in [-0.2, -0.15) is 0 Å². The molecule has 94 valence electrons. The molecule has 2 fully saturated rings. The maximum absolute atomic E-state index is 5.58. The Bertz CT molecular complexity index is 576. The molecule has 0 saturated carbocycles. The molecule has 0 radical (unpaired) electrons. The Morgan fingerprint density at radius 2 is 2.33 bits per heavy atom. The van der Waals surface area contributed by atoms with Crippen molar-refractivity contribution in [1.82, 2.24) is 9.97 Å². The minimum absolute atomic E-state index is 0.382. The van der Waals surface area contributed by atoms with E-state index in [1.165, 1.54) is 18.2 Å². The van der Waals surface area contributed by atoms with E-state index in [2.05, 4.69) is 26.3 Å². The zero-order chi connectivity index (χ0) is 12.0. The Balaban J connectivity index is 1.70. The van der Waals surface area contributed by atoms with E-state index in [9.17, 15) is 0 Å². The molecule has 2 aromatic heterocycles. The first-order valence-corrected chi connectivity index (χ1v) is 7.25. The van der Waals surface area contributed by atoms with Gasteiger partial charge < -0.3 is 9.64 Å². The van der Waals surface area contributed by atoms with Crippen LogP contribution < -0.4 is 4.90 Å². The van der Waals surface area contributed by atoms with Gasteiger partial charge >= 0.3 is 0 Å². The summed E-state index contributed by atoms with van der Waals surface area (Å²) in [5.74, 6) is 1.10. The van der Waals surface area contributed by atoms with Crippen LogP contribution in [0.1, 0.15) is 12.8 Å². The van der Waals surface area contributed by atoms with E-state index in [0.717, 1.165) is 37.0 Å². The summed E-state index contributed by atoms with van der Waals surface area (Å²) in [6, 6.07) is 2.13. The molecule has 0 aromatic carbocycles. The summed E-state index contributed by atoms with van der Waals surface area (Å²) < 4.78 is 5.58. The molecule has 4 rings (SSSR count). The predicted molar refractivity (Wildman–Crippen MR) is 72.1 cm³/mol. The third kappa shape index (κ3) is 1.54. The van der Waals surface area contributed by atoms with Crippen LogP contribution in [0.4, 0.5) is 5.82 Å². The lowest BCUT2D eigenvalue weighted by Gasteiger charge is -2.22. The number of thiophene rings is 1. The van der Waals surface area contributed by atoms with Crippen LogP contribution in [0.25, 0.3) is 10.2 Å². The van der Waals surface area contributed by atoms with E-state index in [1.807, 2.05) is 0 Å². The van der Waals surface area contributed by atoms with Crippen molar-refractivity contribution in [2.24, 2.45) is 5.41 Å². The first-order valence-electron chi connectivity index (χ1n) is 6.37. The van der Waals surface area contributed by atoms with E-state index in [1.54, 1.807) is 17.7 Å². The van der Waals surface area contributed by atoms with Crippen molar-refractivity contribution in [1.29, 1.82) is 0 Å². The number of nitrogens with zero attached hydrogens (tertiary/aromatic N) is 3. The molecule has 1 atom stereocenters. The third-order valence-electron chi connectivity index (χ3n) is 4.16. The lowest BCUT2D eigenvalue weighted by molar-refractivity contribution is 0.160. The monoisotopic (exact) mass is 261 g/mol. The Labute approximate surface area is 110 Å². The molecule has 0 bridgehead atoms. The van der Waals surface area contributed by atoms with Gasteiger partial charge in [0.2, 0.25) is 0 Å². The number of rotatable bonds is 1. The highest BCUT2D eigenvalue weighted by Gasteiger charge is 2.41. The Morgan fingerprint density at radius 3 is 3.22 bits per heavy atom. The van der Waals surface area contributed by atoms with Crippen molar-refractivity contribution in [3.05, 3.63) is 17.8 Å². The molecule has 0 aliphatic carbocycles. The summed E-state index contributed by atoms with van der Waals surface area (Å²) >= 11 is 1.68. The number of fused-ring (bicyclic) bond motifs is 1. The third-order valence-corrected chi connectivity index (χ3v) is 4.98. The maximum Gasteiger partial charge on any atom is 0.140 e. The van der Waals surface area contributed by atoms with Crippen LogP contribution in [0.3, 0.4) is 0 Å². The van der Waals surface area contributed by atoms with Gasteiger partial charge in [0.15, 0.2) is 0 Å². The number of anilines is 1. The molecule has 1 unspecified atom stereocenters. The predicted octanol–water partition coefficient (Wildman–Crippen LogP) is 2.31. The van der Waals surface area contributed by atoms with Gasteiger partial charge in [-0.1, -0.05) is 0 Å². The summed E-state index contributed by atoms with van der Waals surface area (Å²) in [5, 5.41) is 3.28. The Kier molecular flexibility index (Phi) is 2.32. The molecular formula is C13H15N3OS. The maximum atomic E-state index is 5.58. The van der Waals surface area contributed by atoms with Crippen LogP contribution in [-0.4, -0.2) is 36.3 Å². The van der Waals surface area contributed by atoms with Gasteiger partial charge in [-0.25, -0.2) is 9.97 Å². The van der Waals surface area contributed by atoms with Gasteiger partial charge in [-0.3, -0.25) is 0 Å². The molecule has 4 heterocycles. The number of ether oxygens (including phenoxy) is 1. The first kappa shape index (κ1) is 10.7. The fourth-order valence-electron chi connectivity index (χ4n) is 3.12. The number of hydrogen-bond donors (Lipinski definition) is 0. The topological polar surface area (TPSA) is 38.2 Å². The lowest BCUT2D eigenvalue weighted by atomic mass is 9.87. The second kappa shape index (κ2) is 3.90. The molecule has 2 aromatic rings. The molecule has 4 nitrogen and oxygen atoms in total. The quantitative estimate of drug-likeness (QED) is 0.789. The van der Waals surface area contributed by atoms with E-state index >= 15 is 0 Å². The molecular weight excluding hydrogens is 246 g/mol. The van der Waals surface area contributed by atoms with Crippen LogP contribution >= 0.6 is 11.3 Å². The van der Waals surface area contributed by atoms with Crippen LogP contribution in [0.2, 0.25) is 0 Å². The Morgan fingerprint density at radius 1 is 1.33 bits per heavy atom. The van der Waals surface area contributed by atoms with Crippen molar-refractivity contribution >= 4 is 27.4 Å². The summed E-state index contributed by atoms with van der Waals surface area (Å²) in [5.41, 5.74) is 0.382. The van der Waals surface area contributed by atoms with Gasteiger partial charge in [0.1, 0.15) is 17.0 Å². The zero-order valence-corrected chi connectivity index (χ0v) is 10.9. The molecule has 2 saturated heterocycles. The highest BCUT2D eigenvalue weighted by atomic mass is 32.1. The van der Waals surface area contributed by atoms with E-state index < -0.39 is 0 Å². The van der Waals surface area contributed by atoms with Gasteiger partial charge in [0.05, 0.1) is 12.0 Å². The SMILES string of the molecule is c1nc(N2CCC3(CCOC3)C2)c2ccsc2n1. The molecule has 1 spiro atoms. The number of hydrogen-bond acceptors (Lipinski definition) is 5. The minimum Gasteiger partial charge on any atom is -0.381 e. The fourth-order valence-corrected chi connectivity index (χ4v) is 3.84. The summed E-state index contributed by atoms with van der Waals surface area (Å²) in [4.78, 5) is 12.3. The molecule has 2 aliphatic rings. The molecule has 18 heavy (non-hydrogen) atoms. The van der Waals surface area contributed by atoms with Crippen LogP contribution in [0, 0.1) is 5.41 Å². The largest absolute Gasteiger partial charge is 0.381 e. The zero-order valence-electron chi connectivity index (χ0n) is 10.1. The second-order valence-electron chi connectivity index (χ2n) is 5.31. The minimum atomic E-state index is 0.382. The van der Waals surface area contributed by atoms with Crippen molar-refractivity contribution in [3.8, 4) is 0 Å². The van der Waals surface area contributed by atoms with E-state index in [-0.39, 0.29) is 0 Å². The highest BCUT2D eigenvalue weighted by Crippen LogP contribution is 2.41. The van der Waals surface area contributed by atoms with Crippen LogP contribution in [-0.2, 0) is 4.74 Å². The molecule has 0 N–H and O–H groups in total. The van der Waals surface area contributed by atoms with Crippen molar-refractivity contribution < 1.29 is 4.74 Å². The smallest absolute Gasteiger partial charge is 0.140 e. The summed E-state index contributed by atoms with van der Waals surface area (Å²) in [7, 11) is 0. The second-order valence-corrected chi connectivity index (χ2v) is 6.21. The fraction of sp³-hybridized carbons (Fsp3) is 0.538. The summed E-state index contributed by atoms with van der Waals surface area (Å²) in [6.45, 7) is 4.01. The highest BCUT2D eigenvalue weighted by molar-refractivity contribution is 7.16. The van der Waals surface area contributed by atoms with Gasteiger partial charge in [0, 0.05) is 25.1 Å². The van der Waals surface area contributed by atoms with Crippen molar-refractivity contribution in [2.75, 3.05) is 31.2 Å². The van der Waals surface area contributed by atoms with Crippen LogP contribution in [0.5, 0.6) is 0 Å². The molecule has 0 amide bonds.